The lowest BCUT2D eigenvalue weighted by Crippen LogP contribution is -2.22. The number of anilines is 1. The Hall–Kier alpha value is -1.09. The first-order valence-electron chi connectivity index (χ1n) is 6.60. The quantitative estimate of drug-likeness (QED) is 0.870. The van der Waals surface area contributed by atoms with Crippen molar-refractivity contribution in [1.82, 2.24) is 4.98 Å². The van der Waals surface area contributed by atoms with E-state index in [0.29, 0.717) is 18.5 Å². The van der Waals surface area contributed by atoms with Crippen LogP contribution in [0.15, 0.2) is 18.3 Å². The van der Waals surface area contributed by atoms with E-state index in [9.17, 15) is 0 Å². The van der Waals surface area contributed by atoms with E-state index in [-0.39, 0.29) is 0 Å². The van der Waals surface area contributed by atoms with Crippen LogP contribution in [-0.2, 0) is 11.3 Å². The van der Waals surface area contributed by atoms with Crippen molar-refractivity contribution in [1.29, 1.82) is 0 Å². The summed E-state index contributed by atoms with van der Waals surface area (Å²) in [6.45, 7) is 2.94. The number of ether oxygens (including phenoxy) is 1. The number of nitrogens with zero attached hydrogens (tertiary/aromatic N) is 1. The van der Waals surface area contributed by atoms with E-state index in [4.69, 9.17) is 10.5 Å². The fourth-order valence-electron chi connectivity index (χ4n) is 2.50. The Kier molecular flexibility index (Phi) is 4.37. The third-order valence-corrected chi connectivity index (χ3v) is 3.65. The molecule has 1 fully saturated rings. The average Bonchev–Trinajstić information content (AvgIpc) is 2.38. The topological polar surface area (TPSA) is 48.1 Å². The monoisotopic (exact) mass is 234 g/mol. The molecular weight excluding hydrogens is 212 g/mol. The number of aromatic nitrogens is 1. The van der Waals surface area contributed by atoms with Gasteiger partial charge < -0.3 is 10.5 Å². The summed E-state index contributed by atoms with van der Waals surface area (Å²) in [6.07, 6.45) is 8.63. The minimum Gasteiger partial charge on any atom is -0.384 e. The summed E-state index contributed by atoms with van der Waals surface area (Å²) in [5, 5.41) is 0. The first-order valence-corrected chi connectivity index (χ1v) is 6.60. The van der Waals surface area contributed by atoms with Gasteiger partial charge in [0.2, 0.25) is 0 Å². The number of nitrogen functional groups attached to an aromatic ring is 1. The molecule has 2 atom stereocenters. The van der Waals surface area contributed by atoms with Crippen molar-refractivity contribution >= 4 is 5.82 Å². The molecule has 1 aromatic rings. The fraction of sp³-hybridized carbons (Fsp3) is 0.643. The molecule has 2 unspecified atom stereocenters. The Labute approximate surface area is 103 Å². The molecule has 3 heteroatoms. The Bertz CT molecular complexity index is 337. The van der Waals surface area contributed by atoms with Gasteiger partial charge in [0.15, 0.2) is 0 Å². The van der Waals surface area contributed by atoms with Crippen LogP contribution in [0.5, 0.6) is 0 Å². The van der Waals surface area contributed by atoms with Crippen LogP contribution in [0.3, 0.4) is 0 Å². The standard InChI is InChI=1S/C14H22N2O/c1-2-11-4-3-5-13(8-11)17-10-12-6-7-14(15)16-9-12/h6-7,9,11,13H,2-5,8,10H2,1H3,(H2,15,16). The van der Waals surface area contributed by atoms with Gasteiger partial charge >= 0.3 is 0 Å². The summed E-state index contributed by atoms with van der Waals surface area (Å²) >= 11 is 0. The number of nitrogens with two attached hydrogens (primary N) is 1. The molecule has 0 aliphatic heterocycles. The summed E-state index contributed by atoms with van der Waals surface area (Å²) in [6, 6.07) is 3.82. The highest BCUT2D eigenvalue weighted by atomic mass is 16.5. The predicted octanol–water partition coefficient (Wildman–Crippen LogP) is 3.15. The maximum Gasteiger partial charge on any atom is 0.123 e. The molecule has 1 aromatic heterocycles. The molecule has 1 heterocycles. The van der Waals surface area contributed by atoms with Crippen molar-refractivity contribution in [2.45, 2.75) is 51.7 Å². The molecule has 17 heavy (non-hydrogen) atoms. The van der Waals surface area contributed by atoms with E-state index < -0.39 is 0 Å². The van der Waals surface area contributed by atoms with Crippen LogP contribution in [-0.4, -0.2) is 11.1 Å². The molecule has 0 spiro atoms. The van der Waals surface area contributed by atoms with Crippen molar-refractivity contribution in [2.24, 2.45) is 5.92 Å². The van der Waals surface area contributed by atoms with Gasteiger partial charge in [-0.05, 0) is 30.4 Å². The van der Waals surface area contributed by atoms with Crippen molar-refractivity contribution in [3.05, 3.63) is 23.9 Å². The highest BCUT2D eigenvalue weighted by molar-refractivity contribution is 5.28. The van der Waals surface area contributed by atoms with E-state index in [1.807, 2.05) is 12.1 Å². The third-order valence-electron chi connectivity index (χ3n) is 3.65. The van der Waals surface area contributed by atoms with Crippen LogP contribution in [0.25, 0.3) is 0 Å². The van der Waals surface area contributed by atoms with Crippen molar-refractivity contribution in [3.8, 4) is 0 Å². The van der Waals surface area contributed by atoms with Crippen LogP contribution in [0.1, 0.15) is 44.6 Å². The van der Waals surface area contributed by atoms with Crippen molar-refractivity contribution < 1.29 is 4.74 Å². The predicted molar refractivity (Wildman–Crippen MR) is 69.5 cm³/mol. The minimum atomic E-state index is 0.436. The second kappa shape index (κ2) is 6.01. The second-order valence-corrected chi connectivity index (χ2v) is 4.97. The zero-order valence-electron chi connectivity index (χ0n) is 10.6. The van der Waals surface area contributed by atoms with E-state index in [1.54, 1.807) is 6.20 Å². The number of hydrogen-bond donors (Lipinski definition) is 1. The van der Waals surface area contributed by atoms with Crippen LogP contribution < -0.4 is 5.73 Å². The summed E-state index contributed by atoms with van der Waals surface area (Å²) in [5.74, 6) is 1.43. The maximum absolute atomic E-state index is 5.96. The fourth-order valence-corrected chi connectivity index (χ4v) is 2.50. The minimum absolute atomic E-state index is 0.436. The van der Waals surface area contributed by atoms with Crippen LogP contribution in [0.4, 0.5) is 5.82 Å². The molecular formula is C14H22N2O. The molecule has 0 bridgehead atoms. The van der Waals surface area contributed by atoms with Crippen LogP contribution >= 0.6 is 0 Å². The lowest BCUT2D eigenvalue weighted by atomic mass is 9.85. The normalized spacial score (nSPS) is 24.8. The molecule has 94 valence electrons. The summed E-state index contributed by atoms with van der Waals surface area (Å²) in [5.41, 5.74) is 6.66. The van der Waals surface area contributed by atoms with Crippen LogP contribution in [0.2, 0.25) is 0 Å². The van der Waals surface area contributed by atoms with Gasteiger partial charge in [-0.15, -0.1) is 0 Å². The summed E-state index contributed by atoms with van der Waals surface area (Å²) in [4.78, 5) is 4.07. The molecule has 2 N–H and O–H groups in total. The Morgan fingerprint density at radius 1 is 1.41 bits per heavy atom. The van der Waals surface area contributed by atoms with Gasteiger partial charge in [0, 0.05) is 6.20 Å². The zero-order chi connectivity index (χ0) is 12.1. The summed E-state index contributed by atoms with van der Waals surface area (Å²) in [7, 11) is 0. The molecule has 0 amide bonds. The summed E-state index contributed by atoms with van der Waals surface area (Å²) < 4.78 is 5.96. The molecule has 1 saturated carbocycles. The molecule has 2 rings (SSSR count). The molecule has 1 aliphatic carbocycles. The second-order valence-electron chi connectivity index (χ2n) is 4.97. The largest absolute Gasteiger partial charge is 0.384 e. The first kappa shape index (κ1) is 12.4. The number of hydrogen-bond acceptors (Lipinski definition) is 3. The number of pyridine rings is 1. The molecule has 1 aliphatic rings. The van der Waals surface area contributed by atoms with Gasteiger partial charge in [-0.3, -0.25) is 0 Å². The van der Waals surface area contributed by atoms with E-state index >= 15 is 0 Å². The molecule has 0 saturated heterocycles. The highest BCUT2D eigenvalue weighted by Crippen LogP contribution is 2.28. The van der Waals surface area contributed by atoms with E-state index in [1.165, 1.54) is 32.1 Å². The first-order chi connectivity index (χ1) is 8.28. The lowest BCUT2D eigenvalue weighted by molar-refractivity contribution is 0.00167. The van der Waals surface area contributed by atoms with Gasteiger partial charge in [-0.1, -0.05) is 32.3 Å². The SMILES string of the molecule is CCC1CCCC(OCc2ccc(N)nc2)C1. The van der Waals surface area contributed by atoms with Crippen LogP contribution in [0, 0.1) is 5.92 Å². The number of rotatable bonds is 4. The molecule has 0 aromatic carbocycles. The third kappa shape index (κ3) is 3.70. The van der Waals surface area contributed by atoms with Gasteiger partial charge in [0.05, 0.1) is 12.7 Å². The average molecular weight is 234 g/mol. The Morgan fingerprint density at radius 2 is 2.29 bits per heavy atom. The van der Waals surface area contributed by atoms with Gasteiger partial charge in [-0.2, -0.15) is 0 Å². The maximum atomic E-state index is 5.96. The van der Waals surface area contributed by atoms with Gasteiger partial charge in [0.1, 0.15) is 5.82 Å². The van der Waals surface area contributed by atoms with Gasteiger partial charge in [0.25, 0.3) is 0 Å². The Balaban J connectivity index is 1.79. The lowest BCUT2D eigenvalue weighted by Gasteiger charge is -2.28. The molecule has 0 radical (unpaired) electrons. The molecule has 3 nitrogen and oxygen atoms in total. The highest BCUT2D eigenvalue weighted by Gasteiger charge is 2.21. The van der Waals surface area contributed by atoms with E-state index in [2.05, 4.69) is 11.9 Å². The van der Waals surface area contributed by atoms with Crippen molar-refractivity contribution in [2.75, 3.05) is 5.73 Å². The Morgan fingerprint density at radius 3 is 3.00 bits per heavy atom. The van der Waals surface area contributed by atoms with Crippen molar-refractivity contribution in [3.63, 3.8) is 0 Å². The van der Waals surface area contributed by atoms with E-state index in [0.717, 1.165) is 11.5 Å². The zero-order valence-corrected chi connectivity index (χ0v) is 10.6. The smallest absolute Gasteiger partial charge is 0.123 e. The van der Waals surface area contributed by atoms with Gasteiger partial charge in [-0.25, -0.2) is 4.98 Å².